The fourth-order valence-electron chi connectivity index (χ4n) is 2.95. The van der Waals surface area contributed by atoms with Crippen LogP contribution in [0.25, 0.3) is 0 Å². The minimum atomic E-state index is -0.194. The molecule has 1 amide bonds. The quantitative estimate of drug-likeness (QED) is 0.907. The number of carbonyl (C=O) groups excluding carboxylic acids is 1. The molecule has 0 radical (unpaired) electrons. The summed E-state index contributed by atoms with van der Waals surface area (Å²) in [6.07, 6.45) is 1.44. The topological polar surface area (TPSA) is 65.5 Å². The van der Waals surface area contributed by atoms with Crippen molar-refractivity contribution >= 4 is 11.6 Å². The Balaban J connectivity index is 1.71. The molecule has 0 atom stereocenters. The van der Waals surface area contributed by atoms with Gasteiger partial charge in [0, 0.05) is 31.0 Å². The molecule has 1 fully saturated rings. The maximum absolute atomic E-state index is 12.4. The minimum Gasteiger partial charge on any atom is -0.393 e. The van der Waals surface area contributed by atoms with Gasteiger partial charge in [0.05, 0.1) is 6.10 Å². The number of benzene rings is 1. The summed E-state index contributed by atoms with van der Waals surface area (Å²) in [5, 5.41) is 12.6. The highest BCUT2D eigenvalue weighted by Crippen LogP contribution is 2.20. The van der Waals surface area contributed by atoms with Gasteiger partial charge >= 0.3 is 0 Å². The third kappa shape index (κ3) is 4.19. The van der Waals surface area contributed by atoms with E-state index < -0.39 is 0 Å². The lowest BCUT2D eigenvalue weighted by molar-refractivity contribution is 0.0793. The first kappa shape index (κ1) is 16.6. The molecule has 2 N–H and O–H groups in total. The number of hydrogen-bond donors (Lipinski definition) is 2. The molecule has 1 aliphatic rings. The van der Waals surface area contributed by atoms with Crippen LogP contribution >= 0.6 is 0 Å². The zero-order valence-corrected chi connectivity index (χ0v) is 13.9. The number of para-hydroxylation sites is 1. The third-order valence-electron chi connectivity index (χ3n) is 4.34. The molecule has 5 nitrogen and oxygen atoms in total. The maximum Gasteiger partial charge on any atom is 0.274 e. The molecule has 1 aliphatic heterocycles. The van der Waals surface area contributed by atoms with Crippen molar-refractivity contribution in [2.75, 3.05) is 18.4 Å². The van der Waals surface area contributed by atoms with Crippen LogP contribution < -0.4 is 5.32 Å². The first-order chi connectivity index (χ1) is 11.6. The van der Waals surface area contributed by atoms with E-state index in [0.29, 0.717) is 5.69 Å². The van der Waals surface area contributed by atoms with Crippen molar-refractivity contribution in [3.63, 3.8) is 0 Å². The molecule has 0 spiro atoms. The summed E-state index contributed by atoms with van der Waals surface area (Å²) in [7, 11) is 0. The van der Waals surface area contributed by atoms with Crippen molar-refractivity contribution in [2.45, 2.75) is 32.4 Å². The van der Waals surface area contributed by atoms with Crippen LogP contribution in [0.3, 0.4) is 0 Å². The first-order valence-electron chi connectivity index (χ1n) is 8.35. The Hall–Kier alpha value is -2.24. The second kappa shape index (κ2) is 7.55. The largest absolute Gasteiger partial charge is 0.393 e. The fourth-order valence-corrected chi connectivity index (χ4v) is 2.95. The molecule has 1 aromatic heterocycles. The van der Waals surface area contributed by atoms with Gasteiger partial charge in [0.15, 0.2) is 0 Å². The summed E-state index contributed by atoms with van der Waals surface area (Å²) < 4.78 is 0. The summed E-state index contributed by atoms with van der Waals surface area (Å²) in [5.74, 6) is -0.194. The van der Waals surface area contributed by atoms with E-state index in [4.69, 9.17) is 0 Å². The standard InChI is InChI=1S/C19H23N3O2/c1-14-5-4-8-18(20-14)19(24)21-17-7-3-2-6-15(17)13-22-11-9-16(23)10-12-22/h2-8,16,23H,9-13H2,1H3,(H,21,24). The number of aliphatic hydroxyl groups is 1. The molecule has 2 aromatic rings. The Morgan fingerprint density at radius 3 is 2.71 bits per heavy atom. The van der Waals surface area contributed by atoms with Crippen LogP contribution in [-0.2, 0) is 6.54 Å². The third-order valence-corrected chi connectivity index (χ3v) is 4.34. The SMILES string of the molecule is Cc1cccc(C(=O)Nc2ccccc2CN2CCC(O)CC2)n1. The van der Waals surface area contributed by atoms with E-state index in [-0.39, 0.29) is 12.0 Å². The first-order valence-corrected chi connectivity index (χ1v) is 8.35. The van der Waals surface area contributed by atoms with Crippen LogP contribution in [0.5, 0.6) is 0 Å². The number of carbonyl (C=O) groups is 1. The summed E-state index contributed by atoms with van der Waals surface area (Å²) in [6, 6.07) is 13.3. The second-order valence-electron chi connectivity index (χ2n) is 6.28. The lowest BCUT2D eigenvalue weighted by atomic mass is 10.1. The molecule has 1 aromatic carbocycles. The van der Waals surface area contributed by atoms with Gasteiger partial charge in [-0.05, 0) is 43.5 Å². The van der Waals surface area contributed by atoms with E-state index in [1.807, 2.05) is 43.3 Å². The Bertz CT molecular complexity index is 709. The number of pyridine rings is 1. The molecule has 0 bridgehead atoms. The van der Waals surface area contributed by atoms with Gasteiger partial charge in [-0.3, -0.25) is 9.69 Å². The van der Waals surface area contributed by atoms with E-state index in [9.17, 15) is 9.90 Å². The number of rotatable bonds is 4. The predicted octanol–water partition coefficient (Wildman–Crippen LogP) is 2.60. The van der Waals surface area contributed by atoms with Crippen LogP contribution in [0, 0.1) is 6.92 Å². The number of aromatic nitrogens is 1. The zero-order chi connectivity index (χ0) is 16.9. The molecule has 1 saturated heterocycles. The Kier molecular flexibility index (Phi) is 5.23. The van der Waals surface area contributed by atoms with Gasteiger partial charge in [-0.15, -0.1) is 0 Å². The van der Waals surface area contributed by atoms with Crippen molar-refractivity contribution in [3.8, 4) is 0 Å². The molecule has 3 rings (SSSR count). The van der Waals surface area contributed by atoms with Crippen molar-refractivity contribution in [2.24, 2.45) is 0 Å². The summed E-state index contributed by atoms with van der Waals surface area (Å²) in [6.45, 7) is 4.39. The van der Waals surface area contributed by atoms with E-state index in [0.717, 1.165) is 49.4 Å². The molecule has 0 aliphatic carbocycles. The van der Waals surface area contributed by atoms with Gasteiger partial charge in [-0.2, -0.15) is 0 Å². The number of aliphatic hydroxyl groups excluding tert-OH is 1. The highest BCUT2D eigenvalue weighted by Gasteiger charge is 2.18. The van der Waals surface area contributed by atoms with Crippen LogP contribution in [-0.4, -0.2) is 40.1 Å². The van der Waals surface area contributed by atoms with Gasteiger partial charge in [0.25, 0.3) is 5.91 Å². The number of anilines is 1. The second-order valence-corrected chi connectivity index (χ2v) is 6.28. The normalized spacial score (nSPS) is 16.1. The average Bonchev–Trinajstić information content (AvgIpc) is 2.58. The Morgan fingerprint density at radius 1 is 1.21 bits per heavy atom. The van der Waals surface area contributed by atoms with Gasteiger partial charge in [-0.1, -0.05) is 24.3 Å². The summed E-state index contributed by atoms with van der Waals surface area (Å²) >= 11 is 0. The molecular formula is C19H23N3O2. The number of piperidine rings is 1. The van der Waals surface area contributed by atoms with Gasteiger partial charge in [-0.25, -0.2) is 4.98 Å². The van der Waals surface area contributed by atoms with Crippen molar-refractivity contribution in [1.82, 2.24) is 9.88 Å². The summed E-state index contributed by atoms with van der Waals surface area (Å²) in [4.78, 5) is 19.0. The molecule has 0 unspecified atom stereocenters. The van der Waals surface area contributed by atoms with Crippen LogP contribution in [0.4, 0.5) is 5.69 Å². The maximum atomic E-state index is 12.4. The van der Waals surface area contributed by atoms with Crippen molar-refractivity contribution in [3.05, 3.63) is 59.4 Å². The molecule has 2 heterocycles. The molecule has 126 valence electrons. The Morgan fingerprint density at radius 2 is 1.96 bits per heavy atom. The number of amides is 1. The van der Waals surface area contributed by atoms with Crippen LogP contribution in [0.1, 0.15) is 34.6 Å². The van der Waals surface area contributed by atoms with Gasteiger partial charge in [0.2, 0.25) is 0 Å². The van der Waals surface area contributed by atoms with Crippen LogP contribution in [0.15, 0.2) is 42.5 Å². The highest BCUT2D eigenvalue weighted by molar-refractivity contribution is 6.03. The van der Waals surface area contributed by atoms with Gasteiger partial charge in [0.1, 0.15) is 5.69 Å². The zero-order valence-electron chi connectivity index (χ0n) is 13.9. The van der Waals surface area contributed by atoms with E-state index in [1.165, 1.54) is 0 Å². The van der Waals surface area contributed by atoms with E-state index in [1.54, 1.807) is 6.07 Å². The highest BCUT2D eigenvalue weighted by atomic mass is 16.3. The van der Waals surface area contributed by atoms with Crippen molar-refractivity contribution in [1.29, 1.82) is 0 Å². The Labute approximate surface area is 142 Å². The average molecular weight is 325 g/mol. The minimum absolute atomic E-state index is 0.177. The number of aryl methyl sites for hydroxylation is 1. The van der Waals surface area contributed by atoms with E-state index >= 15 is 0 Å². The fraction of sp³-hybridized carbons (Fsp3) is 0.368. The lowest BCUT2D eigenvalue weighted by Crippen LogP contribution is -2.35. The van der Waals surface area contributed by atoms with E-state index in [2.05, 4.69) is 15.2 Å². The predicted molar refractivity (Wildman–Crippen MR) is 93.9 cm³/mol. The lowest BCUT2D eigenvalue weighted by Gasteiger charge is -2.30. The van der Waals surface area contributed by atoms with Crippen molar-refractivity contribution < 1.29 is 9.90 Å². The number of nitrogens with one attached hydrogen (secondary N) is 1. The number of likely N-dealkylation sites (tertiary alicyclic amines) is 1. The number of hydrogen-bond acceptors (Lipinski definition) is 4. The summed E-state index contributed by atoms with van der Waals surface area (Å²) in [5.41, 5.74) is 3.14. The monoisotopic (exact) mass is 325 g/mol. The smallest absolute Gasteiger partial charge is 0.274 e. The molecule has 24 heavy (non-hydrogen) atoms. The number of nitrogens with zero attached hydrogens (tertiary/aromatic N) is 2. The van der Waals surface area contributed by atoms with Crippen LogP contribution in [0.2, 0.25) is 0 Å². The van der Waals surface area contributed by atoms with Gasteiger partial charge < -0.3 is 10.4 Å². The molecule has 5 heteroatoms. The molecule has 0 saturated carbocycles. The molecular weight excluding hydrogens is 302 g/mol.